The summed E-state index contributed by atoms with van der Waals surface area (Å²) in [5.74, 6) is 1.50. The highest BCUT2D eigenvalue weighted by Gasteiger charge is 2.12. The zero-order valence-electron chi connectivity index (χ0n) is 12.7. The van der Waals surface area contributed by atoms with Gasteiger partial charge in [0.05, 0.1) is 0 Å². The fraction of sp³-hybridized carbons (Fsp3) is 0.250. The Morgan fingerprint density at radius 1 is 1.09 bits per heavy atom. The van der Waals surface area contributed by atoms with Crippen molar-refractivity contribution in [2.24, 2.45) is 0 Å². The van der Waals surface area contributed by atoms with Crippen molar-refractivity contribution < 1.29 is 4.42 Å². The van der Waals surface area contributed by atoms with Crippen molar-refractivity contribution in [3.05, 3.63) is 47.8 Å². The van der Waals surface area contributed by atoms with E-state index in [4.69, 9.17) is 4.42 Å². The van der Waals surface area contributed by atoms with Gasteiger partial charge in [-0.05, 0) is 42.2 Å². The van der Waals surface area contributed by atoms with Crippen LogP contribution in [0, 0.1) is 6.92 Å². The molecule has 0 aliphatic rings. The number of pyridine rings is 2. The van der Waals surface area contributed by atoms with E-state index >= 15 is 0 Å². The van der Waals surface area contributed by atoms with Crippen molar-refractivity contribution in [2.75, 3.05) is 5.32 Å². The van der Waals surface area contributed by atoms with Crippen molar-refractivity contribution in [3.63, 3.8) is 0 Å². The van der Waals surface area contributed by atoms with Gasteiger partial charge in [0.15, 0.2) is 0 Å². The molecular formula is C16H17N5O. The van der Waals surface area contributed by atoms with Crippen LogP contribution in [-0.4, -0.2) is 20.2 Å². The van der Waals surface area contributed by atoms with Gasteiger partial charge in [-0.1, -0.05) is 25.0 Å². The minimum Gasteiger partial charge on any atom is -0.401 e. The molecule has 6 nitrogen and oxygen atoms in total. The van der Waals surface area contributed by atoms with Crippen molar-refractivity contribution in [1.29, 1.82) is 0 Å². The summed E-state index contributed by atoms with van der Waals surface area (Å²) in [5, 5.41) is 11.1. The molecular weight excluding hydrogens is 278 g/mol. The summed E-state index contributed by atoms with van der Waals surface area (Å²) in [6.45, 7) is 6.22. The van der Waals surface area contributed by atoms with E-state index in [2.05, 4.69) is 39.3 Å². The summed E-state index contributed by atoms with van der Waals surface area (Å²) < 4.78 is 5.63. The lowest BCUT2D eigenvalue weighted by molar-refractivity contribution is 0.584. The molecule has 0 fully saturated rings. The third-order valence-electron chi connectivity index (χ3n) is 3.33. The second-order valence-corrected chi connectivity index (χ2v) is 5.34. The van der Waals surface area contributed by atoms with E-state index in [-0.39, 0.29) is 0 Å². The quantitative estimate of drug-likeness (QED) is 0.790. The molecule has 3 aromatic heterocycles. The van der Waals surface area contributed by atoms with Gasteiger partial charge in [0.1, 0.15) is 11.5 Å². The predicted octanol–water partition coefficient (Wildman–Crippen LogP) is 3.70. The lowest BCUT2D eigenvalue weighted by Crippen LogP contribution is -1.95. The Morgan fingerprint density at radius 2 is 1.95 bits per heavy atom. The third-order valence-corrected chi connectivity index (χ3v) is 3.33. The summed E-state index contributed by atoms with van der Waals surface area (Å²) in [4.78, 5) is 8.53. The van der Waals surface area contributed by atoms with Crippen LogP contribution in [0.15, 0.2) is 41.1 Å². The van der Waals surface area contributed by atoms with E-state index in [1.165, 1.54) is 5.56 Å². The molecule has 0 radical (unpaired) electrons. The van der Waals surface area contributed by atoms with Crippen LogP contribution >= 0.6 is 0 Å². The van der Waals surface area contributed by atoms with Crippen molar-refractivity contribution in [2.45, 2.75) is 26.7 Å². The van der Waals surface area contributed by atoms with Gasteiger partial charge >= 0.3 is 6.01 Å². The second-order valence-electron chi connectivity index (χ2n) is 5.34. The van der Waals surface area contributed by atoms with Gasteiger partial charge in [0, 0.05) is 12.4 Å². The van der Waals surface area contributed by atoms with Crippen LogP contribution in [0.4, 0.5) is 11.8 Å². The molecule has 3 aromatic rings. The highest BCUT2D eigenvalue weighted by atomic mass is 16.4. The molecule has 1 N–H and O–H groups in total. The first-order chi connectivity index (χ1) is 10.6. The lowest BCUT2D eigenvalue weighted by atomic mass is 10.0. The Balaban J connectivity index is 1.85. The Hall–Kier alpha value is -2.76. The Morgan fingerprint density at radius 3 is 2.73 bits per heavy atom. The highest BCUT2D eigenvalue weighted by molar-refractivity contribution is 5.54. The molecule has 3 rings (SSSR count). The molecule has 22 heavy (non-hydrogen) atoms. The van der Waals surface area contributed by atoms with Gasteiger partial charge in [0.25, 0.3) is 5.89 Å². The number of nitrogens with one attached hydrogen (secondary N) is 1. The summed E-state index contributed by atoms with van der Waals surface area (Å²) in [6, 6.07) is 8.09. The number of nitrogens with zero attached hydrogens (tertiary/aromatic N) is 4. The number of hydrogen-bond donors (Lipinski definition) is 1. The van der Waals surface area contributed by atoms with E-state index in [1.54, 1.807) is 12.4 Å². The van der Waals surface area contributed by atoms with Crippen LogP contribution in [0.3, 0.4) is 0 Å². The first kappa shape index (κ1) is 14.2. The largest absolute Gasteiger partial charge is 0.401 e. The van der Waals surface area contributed by atoms with Crippen molar-refractivity contribution in [3.8, 4) is 11.6 Å². The predicted molar refractivity (Wildman–Crippen MR) is 83.9 cm³/mol. The van der Waals surface area contributed by atoms with Crippen LogP contribution in [0.2, 0.25) is 0 Å². The van der Waals surface area contributed by atoms with E-state index in [9.17, 15) is 0 Å². The maximum absolute atomic E-state index is 5.63. The summed E-state index contributed by atoms with van der Waals surface area (Å²) in [6.07, 6.45) is 3.46. The van der Waals surface area contributed by atoms with Gasteiger partial charge < -0.3 is 4.42 Å². The van der Waals surface area contributed by atoms with E-state index in [1.807, 2.05) is 31.2 Å². The molecule has 0 saturated carbocycles. The molecule has 0 saturated heterocycles. The molecule has 0 aromatic carbocycles. The monoisotopic (exact) mass is 295 g/mol. The van der Waals surface area contributed by atoms with Gasteiger partial charge in [0.2, 0.25) is 0 Å². The molecule has 6 heteroatoms. The number of aryl methyl sites for hydroxylation is 1. The van der Waals surface area contributed by atoms with E-state index < -0.39 is 0 Å². The molecule has 0 amide bonds. The molecule has 112 valence electrons. The minimum absolute atomic E-state index is 0.300. The molecule has 0 aliphatic heterocycles. The van der Waals surface area contributed by atoms with Crippen LogP contribution in [0.5, 0.6) is 0 Å². The fourth-order valence-corrected chi connectivity index (χ4v) is 2.02. The van der Waals surface area contributed by atoms with Gasteiger partial charge in [-0.15, -0.1) is 5.10 Å². The fourth-order valence-electron chi connectivity index (χ4n) is 2.02. The highest BCUT2D eigenvalue weighted by Crippen LogP contribution is 2.23. The molecule has 0 aliphatic carbocycles. The first-order valence-electron chi connectivity index (χ1n) is 7.12. The van der Waals surface area contributed by atoms with Gasteiger partial charge in [-0.25, -0.2) is 4.98 Å². The van der Waals surface area contributed by atoms with Crippen LogP contribution in [0.25, 0.3) is 11.6 Å². The van der Waals surface area contributed by atoms with Gasteiger partial charge in [-0.3, -0.25) is 10.3 Å². The number of anilines is 2. The van der Waals surface area contributed by atoms with Crippen LogP contribution < -0.4 is 5.32 Å². The molecule has 0 spiro atoms. The first-order valence-corrected chi connectivity index (χ1v) is 7.12. The summed E-state index contributed by atoms with van der Waals surface area (Å²) in [7, 11) is 0. The third kappa shape index (κ3) is 2.95. The standard InChI is InChI=1S/C16H17N5O/c1-10(2)12-6-8-17-13(9-12)15-20-21-16(22-15)19-14-11(3)5-4-7-18-14/h4-10H,1-3H3,(H,18,19,21). The Bertz CT molecular complexity index is 781. The Labute approximate surface area is 128 Å². The van der Waals surface area contributed by atoms with Crippen molar-refractivity contribution in [1.82, 2.24) is 20.2 Å². The zero-order valence-corrected chi connectivity index (χ0v) is 12.7. The zero-order chi connectivity index (χ0) is 15.5. The van der Waals surface area contributed by atoms with Crippen molar-refractivity contribution >= 4 is 11.8 Å². The summed E-state index contributed by atoms with van der Waals surface area (Å²) in [5.41, 5.74) is 2.85. The van der Waals surface area contributed by atoms with Gasteiger partial charge in [-0.2, -0.15) is 0 Å². The lowest BCUT2D eigenvalue weighted by Gasteiger charge is -2.05. The summed E-state index contributed by atoms with van der Waals surface area (Å²) >= 11 is 0. The Kier molecular flexibility index (Phi) is 3.82. The average Bonchev–Trinajstić information content (AvgIpc) is 2.98. The molecule has 3 heterocycles. The second kappa shape index (κ2) is 5.93. The van der Waals surface area contributed by atoms with Crippen LogP contribution in [-0.2, 0) is 0 Å². The maximum atomic E-state index is 5.63. The molecule has 0 unspecified atom stereocenters. The minimum atomic E-state index is 0.300. The SMILES string of the molecule is Cc1cccnc1Nc1nnc(-c2cc(C(C)C)ccn2)o1. The van der Waals surface area contributed by atoms with Crippen LogP contribution in [0.1, 0.15) is 30.9 Å². The number of aromatic nitrogens is 4. The average molecular weight is 295 g/mol. The number of hydrogen-bond acceptors (Lipinski definition) is 6. The topological polar surface area (TPSA) is 76.7 Å². The molecule has 0 bridgehead atoms. The molecule has 0 atom stereocenters. The maximum Gasteiger partial charge on any atom is 0.321 e. The normalized spacial score (nSPS) is 10.9. The van der Waals surface area contributed by atoms with E-state index in [0.29, 0.717) is 29.3 Å². The van der Waals surface area contributed by atoms with E-state index in [0.717, 1.165) is 5.56 Å². The smallest absolute Gasteiger partial charge is 0.321 e. The number of rotatable bonds is 4.